The summed E-state index contributed by atoms with van der Waals surface area (Å²) in [5, 5.41) is 0. The number of hydrogen-bond donors (Lipinski definition) is 1. The summed E-state index contributed by atoms with van der Waals surface area (Å²) in [6, 6.07) is 5.58. The van der Waals surface area contributed by atoms with Gasteiger partial charge in [0.05, 0.1) is 11.9 Å². The van der Waals surface area contributed by atoms with Crippen molar-refractivity contribution < 1.29 is 9.47 Å². The Kier molecular flexibility index (Phi) is 2.29. The molecule has 5 heteroatoms. The van der Waals surface area contributed by atoms with Gasteiger partial charge in [0.25, 0.3) is 5.56 Å². The van der Waals surface area contributed by atoms with E-state index >= 15 is 0 Å². The summed E-state index contributed by atoms with van der Waals surface area (Å²) in [7, 11) is 0. The first-order valence-electron chi connectivity index (χ1n) is 5.28. The lowest BCUT2D eigenvalue weighted by atomic mass is 10.1. The normalized spacial score (nSPS) is 13.4. The molecule has 1 N–H and O–H groups in total. The predicted octanol–water partition coefficient (Wildman–Crippen LogP) is 1.21. The van der Waals surface area contributed by atoms with Crippen molar-refractivity contribution in [2.24, 2.45) is 0 Å². The van der Waals surface area contributed by atoms with Gasteiger partial charge < -0.3 is 14.5 Å². The lowest BCUT2D eigenvalue weighted by molar-refractivity contribution is 0.171. The molecule has 1 aromatic heterocycles. The summed E-state index contributed by atoms with van der Waals surface area (Å²) in [5.41, 5.74) is 1.36. The van der Waals surface area contributed by atoms with E-state index in [4.69, 9.17) is 9.47 Å². The molecule has 17 heavy (non-hydrogen) atoms. The van der Waals surface area contributed by atoms with E-state index < -0.39 is 0 Å². The molecule has 0 spiro atoms. The highest BCUT2D eigenvalue weighted by Gasteiger charge is 2.12. The maximum atomic E-state index is 10.9. The lowest BCUT2D eigenvalue weighted by Gasteiger charge is -2.18. The van der Waals surface area contributed by atoms with Gasteiger partial charge in [-0.3, -0.25) is 4.79 Å². The topological polar surface area (TPSA) is 64.2 Å². The van der Waals surface area contributed by atoms with Crippen molar-refractivity contribution in [3.05, 3.63) is 40.9 Å². The summed E-state index contributed by atoms with van der Waals surface area (Å²) < 4.78 is 10.9. The molecule has 0 atom stereocenters. The predicted molar refractivity (Wildman–Crippen MR) is 61.3 cm³/mol. The van der Waals surface area contributed by atoms with Gasteiger partial charge in [0.1, 0.15) is 13.2 Å². The molecule has 1 aromatic carbocycles. The summed E-state index contributed by atoms with van der Waals surface area (Å²) in [5.74, 6) is 1.45. The molecule has 2 heterocycles. The zero-order valence-electron chi connectivity index (χ0n) is 8.97. The number of benzene rings is 1. The summed E-state index contributed by atoms with van der Waals surface area (Å²) in [4.78, 5) is 17.6. The van der Waals surface area contributed by atoms with E-state index in [1.807, 2.05) is 18.2 Å². The zero-order valence-corrected chi connectivity index (χ0v) is 8.97. The molecule has 86 valence electrons. The molecule has 0 saturated heterocycles. The Bertz CT molecular complexity index is 586. The van der Waals surface area contributed by atoms with Crippen LogP contribution < -0.4 is 15.0 Å². The van der Waals surface area contributed by atoms with Gasteiger partial charge >= 0.3 is 0 Å². The van der Waals surface area contributed by atoms with Gasteiger partial charge in [-0.05, 0) is 18.2 Å². The lowest BCUT2D eigenvalue weighted by Crippen LogP contribution is -2.15. The van der Waals surface area contributed by atoms with Crippen molar-refractivity contribution in [3.8, 4) is 22.8 Å². The Hall–Kier alpha value is -2.30. The van der Waals surface area contributed by atoms with E-state index in [1.54, 1.807) is 6.20 Å². The smallest absolute Gasteiger partial charge is 0.266 e. The number of nitrogens with zero attached hydrogens (tertiary/aromatic N) is 1. The Balaban J connectivity index is 2.03. The number of rotatable bonds is 1. The van der Waals surface area contributed by atoms with Crippen LogP contribution in [0.5, 0.6) is 11.5 Å². The first kappa shape index (κ1) is 9.89. The quantitative estimate of drug-likeness (QED) is 0.799. The summed E-state index contributed by atoms with van der Waals surface area (Å²) >= 11 is 0. The van der Waals surface area contributed by atoms with Crippen LogP contribution >= 0.6 is 0 Å². The van der Waals surface area contributed by atoms with Gasteiger partial charge in [-0.1, -0.05) is 0 Å². The van der Waals surface area contributed by atoms with Crippen LogP contribution in [0.15, 0.2) is 35.4 Å². The first-order valence-corrected chi connectivity index (χ1v) is 5.28. The van der Waals surface area contributed by atoms with Crippen molar-refractivity contribution in [2.75, 3.05) is 13.2 Å². The molecule has 0 bridgehead atoms. The van der Waals surface area contributed by atoms with Crippen LogP contribution in [0.25, 0.3) is 11.3 Å². The minimum absolute atomic E-state index is 0.216. The Morgan fingerprint density at radius 1 is 1.18 bits per heavy atom. The minimum Gasteiger partial charge on any atom is -0.486 e. The second kappa shape index (κ2) is 3.93. The van der Waals surface area contributed by atoms with Crippen molar-refractivity contribution >= 4 is 0 Å². The number of fused-ring (bicyclic) bond motifs is 1. The standard InChI is InChI=1S/C12H10N2O3/c15-12-7-13-9(6-14-12)8-1-2-10-11(5-8)17-4-3-16-10/h1-2,5-7H,3-4H2,(H,14,15). The minimum atomic E-state index is -0.216. The number of hydrogen-bond acceptors (Lipinski definition) is 4. The van der Waals surface area contributed by atoms with Crippen molar-refractivity contribution in [2.45, 2.75) is 0 Å². The molecular weight excluding hydrogens is 220 g/mol. The number of H-pyrrole nitrogens is 1. The van der Waals surface area contributed by atoms with Crippen LogP contribution in [0.4, 0.5) is 0 Å². The van der Waals surface area contributed by atoms with Gasteiger partial charge in [-0.2, -0.15) is 0 Å². The van der Waals surface area contributed by atoms with Gasteiger partial charge in [-0.15, -0.1) is 0 Å². The third-order valence-corrected chi connectivity index (χ3v) is 2.51. The van der Waals surface area contributed by atoms with E-state index in [0.29, 0.717) is 24.7 Å². The SMILES string of the molecule is O=c1cnc(-c2ccc3c(c2)OCCO3)c[nH]1. The molecule has 0 radical (unpaired) electrons. The summed E-state index contributed by atoms with van der Waals surface area (Å²) in [6.45, 7) is 1.12. The number of ether oxygens (including phenoxy) is 2. The van der Waals surface area contributed by atoms with E-state index in [2.05, 4.69) is 9.97 Å². The molecule has 0 amide bonds. The highest BCUT2D eigenvalue weighted by molar-refractivity contribution is 5.63. The van der Waals surface area contributed by atoms with E-state index in [0.717, 1.165) is 11.3 Å². The van der Waals surface area contributed by atoms with Crippen LogP contribution in [0.3, 0.4) is 0 Å². The van der Waals surface area contributed by atoms with Gasteiger partial charge in [0.2, 0.25) is 0 Å². The van der Waals surface area contributed by atoms with Crippen LogP contribution in [0.1, 0.15) is 0 Å². The molecule has 2 aromatic rings. The van der Waals surface area contributed by atoms with Crippen molar-refractivity contribution in [1.29, 1.82) is 0 Å². The fourth-order valence-electron chi connectivity index (χ4n) is 1.70. The maximum Gasteiger partial charge on any atom is 0.266 e. The van der Waals surface area contributed by atoms with Gasteiger partial charge in [0.15, 0.2) is 11.5 Å². The Morgan fingerprint density at radius 3 is 2.76 bits per heavy atom. The van der Waals surface area contributed by atoms with Crippen LogP contribution in [-0.2, 0) is 0 Å². The van der Waals surface area contributed by atoms with Gasteiger partial charge in [0, 0.05) is 11.8 Å². The molecule has 1 aliphatic heterocycles. The Morgan fingerprint density at radius 2 is 2.00 bits per heavy atom. The monoisotopic (exact) mass is 230 g/mol. The van der Waals surface area contributed by atoms with E-state index in [1.165, 1.54) is 6.20 Å². The van der Waals surface area contributed by atoms with Gasteiger partial charge in [-0.25, -0.2) is 4.98 Å². The number of nitrogens with one attached hydrogen (secondary N) is 1. The average molecular weight is 230 g/mol. The molecule has 0 aliphatic carbocycles. The molecule has 0 saturated carbocycles. The maximum absolute atomic E-state index is 10.9. The molecular formula is C12H10N2O3. The third kappa shape index (κ3) is 1.87. The van der Waals surface area contributed by atoms with E-state index in [9.17, 15) is 4.79 Å². The number of aromatic amines is 1. The summed E-state index contributed by atoms with van der Waals surface area (Å²) in [6.07, 6.45) is 2.83. The molecule has 0 fully saturated rings. The van der Waals surface area contributed by atoms with Crippen LogP contribution in [0.2, 0.25) is 0 Å². The van der Waals surface area contributed by atoms with Crippen LogP contribution in [0, 0.1) is 0 Å². The second-order valence-electron chi connectivity index (χ2n) is 3.65. The third-order valence-electron chi connectivity index (χ3n) is 2.51. The fraction of sp³-hybridized carbons (Fsp3) is 0.167. The number of aromatic nitrogens is 2. The van der Waals surface area contributed by atoms with Crippen molar-refractivity contribution in [1.82, 2.24) is 9.97 Å². The fourth-order valence-corrected chi connectivity index (χ4v) is 1.70. The first-order chi connectivity index (χ1) is 8.33. The van der Waals surface area contributed by atoms with Crippen molar-refractivity contribution in [3.63, 3.8) is 0 Å². The average Bonchev–Trinajstić information content (AvgIpc) is 2.39. The largest absolute Gasteiger partial charge is 0.486 e. The zero-order chi connectivity index (χ0) is 11.7. The molecule has 3 rings (SSSR count). The molecule has 1 aliphatic rings. The van der Waals surface area contributed by atoms with Crippen LogP contribution in [-0.4, -0.2) is 23.2 Å². The highest BCUT2D eigenvalue weighted by atomic mass is 16.6. The Labute approximate surface area is 97.0 Å². The highest BCUT2D eigenvalue weighted by Crippen LogP contribution is 2.33. The second-order valence-corrected chi connectivity index (χ2v) is 3.65. The van der Waals surface area contributed by atoms with E-state index in [-0.39, 0.29) is 5.56 Å². The molecule has 0 unspecified atom stereocenters. The molecule has 5 nitrogen and oxygen atoms in total.